The van der Waals surface area contributed by atoms with Gasteiger partial charge in [0.2, 0.25) is 11.8 Å². The van der Waals surface area contributed by atoms with Crippen molar-refractivity contribution in [1.29, 1.82) is 0 Å². The number of halogens is 1. The maximum absolute atomic E-state index is 12.5. The van der Waals surface area contributed by atoms with Gasteiger partial charge in [-0.15, -0.1) is 12.4 Å². The minimum Gasteiger partial charge on any atom is -0.378 e. The number of hydrogen-bond acceptors (Lipinski definition) is 4. The number of amides is 2. The lowest BCUT2D eigenvalue weighted by Gasteiger charge is -2.57. The number of carbonyl (C=O) groups excluding carboxylic acids is 2. The summed E-state index contributed by atoms with van der Waals surface area (Å²) >= 11 is 0. The molecule has 2 atom stereocenters. The molecule has 1 saturated heterocycles. The van der Waals surface area contributed by atoms with E-state index in [0.717, 1.165) is 32.2 Å². The Hall–Kier alpha value is -0.850. The van der Waals surface area contributed by atoms with Crippen LogP contribution in [0.3, 0.4) is 0 Å². The minimum atomic E-state index is -0.870. The van der Waals surface area contributed by atoms with Crippen LogP contribution in [0, 0.1) is 5.41 Å². The van der Waals surface area contributed by atoms with E-state index < -0.39 is 5.54 Å². The Kier molecular flexibility index (Phi) is 8.16. The van der Waals surface area contributed by atoms with Gasteiger partial charge in [0, 0.05) is 44.5 Å². The third-order valence-electron chi connectivity index (χ3n) is 5.80. The molecule has 25 heavy (non-hydrogen) atoms. The van der Waals surface area contributed by atoms with Gasteiger partial charge in [0.25, 0.3) is 0 Å². The number of nitrogens with two attached hydrogens (primary N) is 1. The molecule has 2 fully saturated rings. The Labute approximate surface area is 157 Å². The van der Waals surface area contributed by atoms with Crippen LogP contribution in [0.5, 0.6) is 0 Å². The molecule has 2 amide bonds. The number of hydrogen-bond donors (Lipinski definition) is 2. The van der Waals surface area contributed by atoms with Crippen molar-refractivity contribution in [3.05, 3.63) is 0 Å². The van der Waals surface area contributed by atoms with Crippen molar-refractivity contribution in [2.24, 2.45) is 11.1 Å². The highest BCUT2D eigenvalue weighted by atomic mass is 35.5. The quantitative estimate of drug-likeness (QED) is 0.665. The monoisotopic (exact) mass is 375 g/mol. The van der Waals surface area contributed by atoms with Crippen LogP contribution >= 0.6 is 12.4 Å². The Balaban J connectivity index is 0.00000312. The highest BCUT2D eigenvalue weighted by Crippen LogP contribution is 2.49. The van der Waals surface area contributed by atoms with E-state index in [4.69, 9.17) is 10.5 Å². The molecule has 0 radical (unpaired) electrons. The molecule has 1 aliphatic heterocycles. The summed E-state index contributed by atoms with van der Waals surface area (Å²) in [6.45, 7) is 8.68. The summed E-state index contributed by atoms with van der Waals surface area (Å²) in [5.74, 6) is 0.138. The molecule has 0 bridgehead atoms. The maximum atomic E-state index is 12.5. The van der Waals surface area contributed by atoms with Crippen molar-refractivity contribution >= 4 is 24.2 Å². The SMILES string of the molecule is CCOC1CC(N)(C(=O)NCCCN2CCCCCC2=O)C1(C)C.Cl. The smallest absolute Gasteiger partial charge is 0.240 e. The van der Waals surface area contributed by atoms with Crippen LogP contribution in [0.25, 0.3) is 0 Å². The second-order valence-electron chi connectivity index (χ2n) is 7.64. The zero-order chi connectivity index (χ0) is 17.8. The molecule has 1 saturated carbocycles. The normalized spacial score (nSPS) is 28.6. The molecule has 0 aromatic heterocycles. The van der Waals surface area contributed by atoms with Crippen LogP contribution < -0.4 is 11.1 Å². The highest BCUT2D eigenvalue weighted by Gasteiger charge is 2.62. The average Bonchev–Trinajstić information content (AvgIpc) is 2.75. The first-order chi connectivity index (χ1) is 11.3. The van der Waals surface area contributed by atoms with Crippen molar-refractivity contribution in [3.63, 3.8) is 0 Å². The molecular formula is C18H34ClN3O3. The molecule has 7 heteroatoms. The van der Waals surface area contributed by atoms with Gasteiger partial charge in [0.05, 0.1) is 6.10 Å². The van der Waals surface area contributed by atoms with E-state index in [-0.39, 0.29) is 35.7 Å². The van der Waals surface area contributed by atoms with E-state index in [1.165, 1.54) is 0 Å². The highest BCUT2D eigenvalue weighted by molar-refractivity contribution is 5.88. The van der Waals surface area contributed by atoms with Gasteiger partial charge >= 0.3 is 0 Å². The standard InChI is InChI=1S/C18H33N3O3.ClH/c1-4-24-14-13-18(19,17(14,2)3)16(23)20-10-8-12-21-11-7-5-6-9-15(21)22;/h14H,4-13,19H2,1-3H3,(H,20,23);1H. The van der Waals surface area contributed by atoms with Gasteiger partial charge in [0.1, 0.15) is 5.54 Å². The third kappa shape index (κ3) is 4.66. The maximum Gasteiger partial charge on any atom is 0.240 e. The fourth-order valence-electron chi connectivity index (χ4n) is 3.73. The van der Waals surface area contributed by atoms with E-state index >= 15 is 0 Å². The van der Waals surface area contributed by atoms with Gasteiger partial charge in [-0.2, -0.15) is 0 Å². The molecule has 1 heterocycles. The molecule has 0 aromatic rings. The summed E-state index contributed by atoms with van der Waals surface area (Å²) in [5.41, 5.74) is 5.12. The number of carbonyl (C=O) groups is 2. The molecule has 6 nitrogen and oxygen atoms in total. The predicted octanol–water partition coefficient (Wildman–Crippen LogP) is 1.85. The second kappa shape index (κ2) is 9.19. The van der Waals surface area contributed by atoms with E-state index in [0.29, 0.717) is 32.5 Å². The van der Waals surface area contributed by atoms with Crippen LogP contribution in [0.2, 0.25) is 0 Å². The lowest BCUT2D eigenvalue weighted by Crippen LogP contribution is -2.75. The summed E-state index contributed by atoms with van der Waals surface area (Å²) in [6.07, 6.45) is 5.23. The van der Waals surface area contributed by atoms with Crippen molar-refractivity contribution in [3.8, 4) is 0 Å². The summed E-state index contributed by atoms with van der Waals surface area (Å²) < 4.78 is 5.66. The molecule has 2 rings (SSSR count). The van der Waals surface area contributed by atoms with Crippen LogP contribution in [0.4, 0.5) is 0 Å². The molecule has 146 valence electrons. The Morgan fingerprint density at radius 1 is 1.36 bits per heavy atom. The van der Waals surface area contributed by atoms with Crippen LogP contribution in [-0.4, -0.2) is 54.6 Å². The average molecular weight is 376 g/mol. The molecule has 3 N–H and O–H groups in total. The topological polar surface area (TPSA) is 84.7 Å². The van der Waals surface area contributed by atoms with Crippen molar-refractivity contribution < 1.29 is 14.3 Å². The molecule has 0 aromatic carbocycles. The second-order valence-corrected chi connectivity index (χ2v) is 7.64. The Morgan fingerprint density at radius 2 is 2.08 bits per heavy atom. The molecular weight excluding hydrogens is 342 g/mol. The van der Waals surface area contributed by atoms with Gasteiger partial charge in [-0.05, 0) is 26.2 Å². The number of rotatable bonds is 7. The van der Waals surface area contributed by atoms with Gasteiger partial charge in [0.15, 0.2) is 0 Å². The Bertz CT molecular complexity index is 472. The van der Waals surface area contributed by atoms with E-state index in [1.807, 2.05) is 25.7 Å². The minimum absolute atomic E-state index is 0. The summed E-state index contributed by atoms with van der Waals surface area (Å²) in [6, 6.07) is 0. The van der Waals surface area contributed by atoms with Crippen LogP contribution in [0.15, 0.2) is 0 Å². The fraction of sp³-hybridized carbons (Fsp3) is 0.889. The van der Waals surface area contributed by atoms with Crippen molar-refractivity contribution in [2.75, 3.05) is 26.2 Å². The van der Waals surface area contributed by atoms with Gasteiger partial charge in [-0.1, -0.05) is 20.3 Å². The zero-order valence-corrected chi connectivity index (χ0v) is 16.6. The summed E-state index contributed by atoms with van der Waals surface area (Å²) in [5, 5.41) is 2.96. The lowest BCUT2D eigenvalue weighted by molar-refractivity contribution is -0.170. The Morgan fingerprint density at radius 3 is 2.72 bits per heavy atom. The number of nitrogens with one attached hydrogen (secondary N) is 1. The number of ether oxygens (including phenoxy) is 1. The van der Waals surface area contributed by atoms with Gasteiger partial charge < -0.3 is 20.7 Å². The number of nitrogens with zero attached hydrogens (tertiary/aromatic N) is 1. The fourth-order valence-corrected chi connectivity index (χ4v) is 3.73. The van der Waals surface area contributed by atoms with Gasteiger partial charge in [-0.3, -0.25) is 9.59 Å². The molecule has 1 aliphatic carbocycles. The van der Waals surface area contributed by atoms with Crippen LogP contribution in [-0.2, 0) is 14.3 Å². The molecule has 2 aliphatic rings. The van der Waals surface area contributed by atoms with E-state index in [1.54, 1.807) is 0 Å². The van der Waals surface area contributed by atoms with Crippen molar-refractivity contribution in [2.45, 2.75) is 70.9 Å². The van der Waals surface area contributed by atoms with Crippen molar-refractivity contribution in [1.82, 2.24) is 10.2 Å². The predicted molar refractivity (Wildman–Crippen MR) is 101 cm³/mol. The van der Waals surface area contributed by atoms with Crippen LogP contribution in [0.1, 0.15) is 59.3 Å². The third-order valence-corrected chi connectivity index (χ3v) is 5.80. The first-order valence-electron chi connectivity index (χ1n) is 9.29. The molecule has 0 spiro atoms. The van der Waals surface area contributed by atoms with E-state index in [2.05, 4.69) is 5.32 Å². The summed E-state index contributed by atoms with van der Waals surface area (Å²) in [7, 11) is 0. The van der Waals surface area contributed by atoms with E-state index in [9.17, 15) is 9.59 Å². The lowest BCUT2D eigenvalue weighted by atomic mass is 9.54. The largest absolute Gasteiger partial charge is 0.378 e. The first-order valence-corrected chi connectivity index (χ1v) is 9.29. The molecule has 2 unspecified atom stereocenters. The number of likely N-dealkylation sites (tertiary alicyclic amines) is 1. The van der Waals surface area contributed by atoms with Gasteiger partial charge in [-0.25, -0.2) is 0 Å². The summed E-state index contributed by atoms with van der Waals surface area (Å²) in [4.78, 5) is 26.4. The first kappa shape index (κ1) is 22.2. The zero-order valence-electron chi connectivity index (χ0n) is 15.8.